The molecule has 0 aliphatic rings. The molecule has 0 amide bonds. The van der Waals surface area contributed by atoms with Crippen LogP contribution in [0.3, 0.4) is 0 Å². The summed E-state index contributed by atoms with van der Waals surface area (Å²) in [4.78, 5) is 14.3. The SMILES string of the molecule is O=[Si](O)O.[H-].[H-].[K+].[Li+]. The first-order chi connectivity index (χ1) is 1.73. The molecule has 0 saturated heterocycles. The molecule has 0 spiro atoms. The molecule has 0 rings (SSSR count). The van der Waals surface area contributed by atoms with E-state index in [0.29, 0.717) is 0 Å². The molecule has 2 N–H and O–H groups in total. The van der Waals surface area contributed by atoms with Crippen LogP contribution < -0.4 is 70.2 Å². The van der Waals surface area contributed by atoms with E-state index in [0.717, 1.165) is 0 Å². The van der Waals surface area contributed by atoms with Crippen LogP contribution in [-0.4, -0.2) is 18.8 Å². The molecular weight excluding hydrogens is 122 g/mol. The molecule has 0 aromatic rings. The van der Waals surface area contributed by atoms with Crippen LogP contribution in [0.5, 0.6) is 0 Å². The minimum Gasteiger partial charge on any atom is -1.00 e. The Morgan fingerprint density at radius 1 is 1.50 bits per heavy atom. The van der Waals surface area contributed by atoms with Gasteiger partial charge in [-0.1, -0.05) is 0 Å². The van der Waals surface area contributed by atoms with Crippen LogP contribution in [-0.2, 0) is 4.46 Å². The molecule has 0 aromatic heterocycles. The Morgan fingerprint density at radius 2 is 1.50 bits per heavy atom. The van der Waals surface area contributed by atoms with Gasteiger partial charge in [-0.3, -0.25) is 4.46 Å². The fraction of sp³-hybridized carbons (Fsp3) is 0. The van der Waals surface area contributed by atoms with E-state index in [1.54, 1.807) is 0 Å². The van der Waals surface area contributed by atoms with Crippen LogP contribution in [0.25, 0.3) is 0 Å². The number of hydrogen-bond donors (Lipinski definition) is 2. The zero-order chi connectivity index (χ0) is 3.58. The van der Waals surface area contributed by atoms with Crippen molar-refractivity contribution in [3.8, 4) is 0 Å². The van der Waals surface area contributed by atoms with Crippen molar-refractivity contribution in [3.63, 3.8) is 0 Å². The van der Waals surface area contributed by atoms with Gasteiger partial charge in [0.2, 0.25) is 0 Å². The Labute approximate surface area is 94.6 Å². The van der Waals surface area contributed by atoms with Crippen molar-refractivity contribution in [2.45, 2.75) is 0 Å². The fourth-order valence-corrected chi connectivity index (χ4v) is 0. The Morgan fingerprint density at radius 3 is 1.50 bits per heavy atom. The van der Waals surface area contributed by atoms with Gasteiger partial charge in [-0.25, -0.2) is 0 Å². The fourth-order valence-electron chi connectivity index (χ4n) is 0. The van der Waals surface area contributed by atoms with Gasteiger partial charge in [0.1, 0.15) is 0 Å². The molecule has 0 radical (unpaired) electrons. The molecule has 0 bridgehead atoms. The molecule has 3 nitrogen and oxygen atoms in total. The molecule has 6 heteroatoms. The summed E-state index contributed by atoms with van der Waals surface area (Å²) in [6, 6.07) is 0. The smallest absolute Gasteiger partial charge is 1.00 e. The van der Waals surface area contributed by atoms with Crippen molar-refractivity contribution in [3.05, 3.63) is 0 Å². The van der Waals surface area contributed by atoms with Crippen molar-refractivity contribution < 1.29 is 87.2 Å². The third-order valence-corrected chi connectivity index (χ3v) is 0. The van der Waals surface area contributed by atoms with Gasteiger partial charge in [0.15, 0.2) is 0 Å². The second-order valence-corrected chi connectivity index (χ2v) is 0.848. The quantitative estimate of drug-likeness (QED) is 0.317. The topological polar surface area (TPSA) is 57.5 Å². The maximum Gasteiger partial charge on any atom is 1.00 e. The monoisotopic (exact) mass is 126 g/mol. The van der Waals surface area contributed by atoms with Crippen LogP contribution in [0.15, 0.2) is 0 Å². The second kappa shape index (κ2) is 9.97. The summed E-state index contributed by atoms with van der Waals surface area (Å²) >= 11 is 0. The maximum absolute atomic E-state index is 8.74. The summed E-state index contributed by atoms with van der Waals surface area (Å²) in [5, 5.41) is 0. The Balaban J connectivity index is -0.00000000750. The molecule has 0 fully saturated rings. The van der Waals surface area contributed by atoms with Gasteiger partial charge in [0.05, 0.1) is 0 Å². The van der Waals surface area contributed by atoms with Crippen LogP contribution in [0.1, 0.15) is 2.85 Å². The number of rotatable bonds is 0. The first-order valence-electron chi connectivity index (χ1n) is 0.651. The third kappa shape index (κ3) is 40.2. The van der Waals surface area contributed by atoms with E-state index in [2.05, 4.69) is 0 Å². The Hall–Kier alpha value is 1.85. The summed E-state index contributed by atoms with van der Waals surface area (Å²) < 4.78 is 8.74. The summed E-state index contributed by atoms with van der Waals surface area (Å²) in [6.45, 7) is 0. The molecule has 0 aliphatic carbocycles. The number of hydrogen-bond acceptors (Lipinski definition) is 1. The zero-order valence-electron chi connectivity index (χ0n) is 5.80. The minimum absolute atomic E-state index is 0. The van der Waals surface area contributed by atoms with Gasteiger partial charge in [-0.15, -0.1) is 0 Å². The third-order valence-electron chi connectivity index (χ3n) is 0. The van der Waals surface area contributed by atoms with Gasteiger partial charge in [-0.05, 0) is 0 Å². The average Bonchev–Trinajstić information content (AvgIpc) is 0.811. The van der Waals surface area contributed by atoms with Gasteiger partial charge in [0, 0.05) is 0 Å². The summed E-state index contributed by atoms with van der Waals surface area (Å²) in [5.41, 5.74) is 0. The summed E-state index contributed by atoms with van der Waals surface area (Å²) in [5.74, 6) is 0. The largest absolute Gasteiger partial charge is 1.00 e. The zero-order valence-corrected chi connectivity index (χ0v) is 7.93. The summed E-state index contributed by atoms with van der Waals surface area (Å²) in [7, 11) is -3.13. The molecule has 0 heterocycles. The molecule has 0 unspecified atom stereocenters. The van der Waals surface area contributed by atoms with Crippen molar-refractivity contribution in [2.75, 3.05) is 0 Å². The van der Waals surface area contributed by atoms with E-state index in [1.165, 1.54) is 0 Å². The van der Waals surface area contributed by atoms with Gasteiger partial charge in [0.25, 0.3) is 0 Å². The minimum atomic E-state index is -3.13. The van der Waals surface area contributed by atoms with Gasteiger partial charge >= 0.3 is 79.4 Å². The molecule has 6 heavy (non-hydrogen) atoms. The van der Waals surface area contributed by atoms with E-state index < -0.39 is 9.17 Å². The first-order valence-corrected chi connectivity index (χ1v) is 1.95. The molecular formula is H4KLiO3Si. The van der Waals surface area contributed by atoms with Gasteiger partial charge < -0.3 is 12.4 Å². The Bertz CT molecular complexity index is 40.3. The first kappa shape index (κ1) is 15.7. The van der Waals surface area contributed by atoms with Gasteiger partial charge in [-0.2, -0.15) is 0 Å². The van der Waals surface area contributed by atoms with E-state index in [9.17, 15) is 0 Å². The predicted octanol–water partition coefficient (Wildman–Crippen LogP) is -7.38. The molecule has 0 aromatic carbocycles. The van der Waals surface area contributed by atoms with Crippen LogP contribution in [0, 0.1) is 0 Å². The van der Waals surface area contributed by atoms with E-state index in [1.807, 2.05) is 0 Å². The normalized spacial score (nSPS) is 4.00. The van der Waals surface area contributed by atoms with Crippen molar-refractivity contribution in [1.82, 2.24) is 0 Å². The van der Waals surface area contributed by atoms with Crippen LogP contribution >= 0.6 is 0 Å². The van der Waals surface area contributed by atoms with Crippen LogP contribution in [0.4, 0.5) is 0 Å². The van der Waals surface area contributed by atoms with Crippen molar-refractivity contribution >= 4 is 9.17 Å². The predicted molar refractivity (Wildman–Crippen MR) is 13.1 cm³/mol. The molecule has 0 saturated carbocycles. The molecule has 0 atom stereocenters. The van der Waals surface area contributed by atoms with Crippen molar-refractivity contribution in [1.29, 1.82) is 0 Å². The maximum atomic E-state index is 8.74. The van der Waals surface area contributed by atoms with Crippen molar-refractivity contribution in [2.24, 2.45) is 0 Å². The molecule has 28 valence electrons. The van der Waals surface area contributed by atoms with E-state index in [4.69, 9.17) is 14.1 Å². The second-order valence-electron chi connectivity index (χ2n) is 0.283. The standard InChI is InChI=1S/K.Li.H2O3Si.2H/c;;1-4(2)3;;/h;;1-2H;;/q2*+1;;2*-1. The summed E-state index contributed by atoms with van der Waals surface area (Å²) in [6.07, 6.45) is 0. The molecule has 0 aliphatic heterocycles. The van der Waals surface area contributed by atoms with Crippen LogP contribution in [0.2, 0.25) is 0 Å². The average molecular weight is 126 g/mol. The van der Waals surface area contributed by atoms with E-state index in [-0.39, 0.29) is 73.1 Å². The Kier molecular flexibility index (Phi) is 26.0. The van der Waals surface area contributed by atoms with E-state index >= 15 is 0 Å².